The van der Waals surface area contributed by atoms with Gasteiger partial charge in [0.15, 0.2) is 0 Å². The van der Waals surface area contributed by atoms with Gasteiger partial charge in [0.05, 0.1) is 12.3 Å². The molecule has 1 aromatic heterocycles. The summed E-state index contributed by atoms with van der Waals surface area (Å²) in [5, 5.41) is 15.2. The van der Waals surface area contributed by atoms with Crippen LogP contribution >= 0.6 is 11.3 Å². The van der Waals surface area contributed by atoms with Crippen LogP contribution in [0.25, 0.3) is 0 Å². The highest BCUT2D eigenvalue weighted by Gasteiger charge is 2.19. The van der Waals surface area contributed by atoms with Crippen molar-refractivity contribution >= 4 is 27.9 Å². The third-order valence-electron chi connectivity index (χ3n) is 2.23. The summed E-state index contributed by atoms with van der Waals surface area (Å²) in [4.78, 5) is 11.9. The van der Waals surface area contributed by atoms with Crippen LogP contribution in [0, 0.1) is 11.3 Å². The lowest BCUT2D eigenvalue weighted by molar-refractivity contribution is 0.0968. The maximum absolute atomic E-state index is 11.5. The van der Waals surface area contributed by atoms with Crippen molar-refractivity contribution in [1.82, 2.24) is 5.32 Å². The topological polar surface area (TPSA) is 100 Å². The second kappa shape index (κ2) is 6.83. The van der Waals surface area contributed by atoms with Gasteiger partial charge < -0.3 is 21.1 Å². The number of hydrogen-bond donors (Lipinski definition) is 3. The number of nitriles is 1. The summed E-state index contributed by atoms with van der Waals surface area (Å²) in [6.45, 7) is 3.65. The summed E-state index contributed by atoms with van der Waals surface area (Å²) in [5.41, 5.74) is 6.32. The van der Waals surface area contributed by atoms with E-state index in [-0.39, 0.29) is 11.6 Å². The highest BCUT2D eigenvalue weighted by Crippen LogP contribution is 2.34. The summed E-state index contributed by atoms with van der Waals surface area (Å²) in [6, 6.07) is 2.01. The minimum atomic E-state index is -0.285. The molecule has 7 heteroatoms. The number of nitrogen functional groups attached to an aromatic ring is 1. The standard InChI is InChI=1S/C11H16N4O2S/c1-3-17-5-4-15-11-7(6-12)8(13)9(18-11)10(16)14-2/h15H,3-5,13H2,1-2H3,(H,14,16). The van der Waals surface area contributed by atoms with Crippen LogP contribution in [-0.4, -0.2) is 32.7 Å². The number of carbonyl (C=O) groups excluding carboxylic acids is 1. The molecule has 0 unspecified atom stereocenters. The zero-order valence-corrected chi connectivity index (χ0v) is 11.2. The molecule has 0 aliphatic carbocycles. The van der Waals surface area contributed by atoms with E-state index in [0.29, 0.717) is 35.2 Å². The Labute approximate surface area is 110 Å². The summed E-state index contributed by atoms with van der Waals surface area (Å²) >= 11 is 1.18. The first-order valence-corrected chi connectivity index (χ1v) is 6.33. The maximum atomic E-state index is 11.5. The third kappa shape index (κ3) is 3.12. The van der Waals surface area contributed by atoms with Gasteiger partial charge in [-0.15, -0.1) is 11.3 Å². The molecule has 0 fully saturated rings. The van der Waals surface area contributed by atoms with E-state index in [1.54, 1.807) is 0 Å². The van der Waals surface area contributed by atoms with Gasteiger partial charge in [0, 0.05) is 20.2 Å². The molecule has 0 bridgehead atoms. The van der Waals surface area contributed by atoms with Crippen molar-refractivity contribution in [3.8, 4) is 6.07 Å². The van der Waals surface area contributed by atoms with Gasteiger partial charge in [-0.05, 0) is 6.92 Å². The first-order chi connectivity index (χ1) is 8.65. The van der Waals surface area contributed by atoms with Crippen LogP contribution in [0.3, 0.4) is 0 Å². The fourth-order valence-corrected chi connectivity index (χ4v) is 2.39. The Bertz CT molecular complexity index is 464. The molecule has 0 saturated carbocycles. The van der Waals surface area contributed by atoms with Crippen molar-refractivity contribution in [3.63, 3.8) is 0 Å². The van der Waals surface area contributed by atoms with Gasteiger partial charge in [0.2, 0.25) is 0 Å². The summed E-state index contributed by atoms with van der Waals surface area (Å²) in [7, 11) is 1.52. The molecule has 6 nitrogen and oxygen atoms in total. The average molecular weight is 268 g/mol. The van der Waals surface area contributed by atoms with Crippen molar-refractivity contribution in [2.24, 2.45) is 0 Å². The lowest BCUT2D eigenvalue weighted by atomic mass is 10.2. The van der Waals surface area contributed by atoms with Gasteiger partial charge in [-0.1, -0.05) is 0 Å². The molecular weight excluding hydrogens is 252 g/mol. The molecule has 4 N–H and O–H groups in total. The first kappa shape index (κ1) is 14.3. The van der Waals surface area contributed by atoms with Crippen molar-refractivity contribution in [2.45, 2.75) is 6.92 Å². The summed E-state index contributed by atoms with van der Waals surface area (Å²) < 4.78 is 5.18. The minimum absolute atomic E-state index is 0.223. The van der Waals surface area contributed by atoms with Crippen LogP contribution in [0.1, 0.15) is 22.2 Å². The number of nitrogens with zero attached hydrogens (tertiary/aromatic N) is 1. The number of anilines is 2. The Balaban J connectivity index is 2.85. The molecule has 0 saturated heterocycles. The SMILES string of the molecule is CCOCCNc1sc(C(=O)NC)c(N)c1C#N. The van der Waals surface area contributed by atoms with Gasteiger partial charge in [-0.2, -0.15) is 5.26 Å². The van der Waals surface area contributed by atoms with E-state index in [0.717, 1.165) is 0 Å². The smallest absolute Gasteiger partial charge is 0.263 e. The second-order valence-electron chi connectivity index (χ2n) is 3.36. The molecule has 0 spiro atoms. The van der Waals surface area contributed by atoms with Gasteiger partial charge in [-0.25, -0.2) is 0 Å². The fraction of sp³-hybridized carbons (Fsp3) is 0.455. The Kier molecular flexibility index (Phi) is 5.42. The molecule has 0 atom stereocenters. The van der Waals surface area contributed by atoms with E-state index in [4.69, 9.17) is 15.7 Å². The summed E-state index contributed by atoms with van der Waals surface area (Å²) in [6.07, 6.45) is 0. The Morgan fingerprint density at radius 3 is 2.89 bits per heavy atom. The third-order valence-corrected chi connectivity index (χ3v) is 3.39. The molecule has 1 rings (SSSR count). The maximum Gasteiger partial charge on any atom is 0.263 e. The van der Waals surface area contributed by atoms with E-state index in [1.165, 1.54) is 18.4 Å². The van der Waals surface area contributed by atoms with E-state index in [9.17, 15) is 4.79 Å². The number of nitrogens with one attached hydrogen (secondary N) is 2. The van der Waals surface area contributed by atoms with Crippen LogP contribution in [0.5, 0.6) is 0 Å². The van der Waals surface area contributed by atoms with E-state index in [1.807, 2.05) is 13.0 Å². The zero-order chi connectivity index (χ0) is 13.5. The minimum Gasteiger partial charge on any atom is -0.396 e. The van der Waals surface area contributed by atoms with Crippen molar-refractivity contribution in [3.05, 3.63) is 10.4 Å². The van der Waals surface area contributed by atoms with Crippen molar-refractivity contribution < 1.29 is 9.53 Å². The van der Waals surface area contributed by atoms with Crippen molar-refractivity contribution in [2.75, 3.05) is 37.9 Å². The molecule has 0 aromatic carbocycles. The van der Waals surface area contributed by atoms with Gasteiger partial charge in [-0.3, -0.25) is 4.79 Å². The molecule has 1 heterocycles. The Morgan fingerprint density at radius 1 is 1.61 bits per heavy atom. The normalized spacial score (nSPS) is 9.83. The van der Waals surface area contributed by atoms with Gasteiger partial charge in [0.25, 0.3) is 5.91 Å². The molecule has 1 amide bonds. The fourth-order valence-electron chi connectivity index (χ4n) is 1.34. The molecule has 0 radical (unpaired) electrons. The number of amides is 1. The van der Waals surface area contributed by atoms with E-state index < -0.39 is 0 Å². The largest absolute Gasteiger partial charge is 0.396 e. The number of carbonyl (C=O) groups is 1. The van der Waals surface area contributed by atoms with Crippen LogP contribution in [-0.2, 0) is 4.74 Å². The predicted octanol–water partition coefficient (Wildman–Crippen LogP) is 1.01. The summed E-state index contributed by atoms with van der Waals surface area (Å²) in [5.74, 6) is -0.285. The van der Waals surface area contributed by atoms with Crippen LogP contribution in [0.2, 0.25) is 0 Å². The highest BCUT2D eigenvalue weighted by molar-refractivity contribution is 7.18. The molecular formula is C11H16N4O2S. The monoisotopic (exact) mass is 268 g/mol. The molecule has 0 aliphatic heterocycles. The number of ether oxygens (including phenoxy) is 1. The van der Waals surface area contributed by atoms with E-state index >= 15 is 0 Å². The number of hydrogen-bond acceptors (Lipinski definition) is 6. The number of nitrogens with two attached hydrogens (primary N) is 1. The van der Waals surface area contributed by atoms with Crippen LogP contribution in [0.4, 0.5) is 10.7 Å². The second-order valence-corrected chi connectivity index (χ2v) is 4.38. The highest BCUT2D eigenvalue weighted by atomic mass is 32.1. The molecule has 1 aromatic rings. The van der Waals surface area contributed by atoms with Crippen LogP contribution < -0.4 is 16.4 Å². The lowest BCUT2D eigenvalue weighted by Crippen LogP contribution is -2.17. The van der Waals surface area contributed by atoms with Gasteiger partial charge >= 0.3 is 0 Å². The predicted molar refractivity (Wildman–Crippen MR) is 71.8 cm³/mol. The lowest BCUT2D eigenvalue weighted by Gasteiger charge is -2.03. The molecule has 18 heavy (non-hydrogen) atoms. The molecule has 98 valence electrons. The van der Waals surface area contributed by atoms with Crippen molar-refractivity contribution in [1.29, 1.82) is 5.26 Å². The number of thiophene rings is 1. The zero-order valence-electron chi connectivity index (χ0n) is 10.4. The van der Waals surface area contributed by atoms with Crippen LogP contribution in [0.15, 0.2) is 0 Å². The Hall–Kier alpha value is -1.78. The number of rotatable bonds is 6. The Morgan fingerprint density at radius 2 is 2.33 bits per heavy atom. The first-order valence-electron chi connectivity index (χ1n) is 5.51. The average Bonchev–Trinajstić information content (AvgIpc) is 2.70. The quantitative estimate of drug-likeness (QED) is 0.668. The molecule has 0 aliphatic rings. The van der Waals surface area contributed by atoms with E-state index in [2.05, 4.69) is 10.6 Å². The van der Waals surface area contributed by atoms with Gasteiger partial charge in [0.1, 0.15) is 21.5 Å².